The summed E-state index contributed by atoms with van der Waals surface area (Å²) in [7, 11) is 0. The number of benzene rings is 1. The molecule has 12 heavy (non-hydrogen) atoms. The second kappa shape index (κ2) is 3.63. The molecular weight excluding hydrogens is 157 g/mol. The Labute approximate surface area is 69.5 Å². The number of halogens is 1. The number of Topliss-reactive ketones (excluding diaryl/α,β-unsaturated/α-hetero) is 1. The summed E-state index contributed by atoms with van der Waals surface area (Å²) in [6.45, 7) is 6.23. The maximum Gasteiger partial charge on any atom is 0.276 e. The number of rotatable bonds is 2. The molecule has 0 N–H and O–H groups in total. The zero-order chi connectivity index (χ0) is 8.97. The molecule has 0 aliphatic heterocycles. The molecule has 0 saturated carbocycles. The fourth-order valence-electron chi connectivity index (χ4n) is 0.825. The van der Waals surface area contributed by atoms with Crippen molar-refractivity contribution >= 4 is 5.78 Å². The third kappa shape index (κ3) is 1.89. The standard InChI is InChI=1S/C9H6FNO/c1-11-6-9(12)7-3-2-4-8(10)5-7/h2-5H,6H2. The van der Waals surface area contributed by atoms with Gasteiger partial charge in [0, 0.05) is 5.56 Å². The van der Waals surface area contributed by atoms with Crippen LogP contribution in [0.4, 0.5) is 4.39 Å². The average molecular weight is 163 g/mol. The summed E-state index contributed by atoms with van der Waals surface area (Å²) >= 11 is 0. The number of hydrogen-bond acceptors (Lipinski definition) is 1. The van der Waals surface area contributed by atoms with E-state index in [1.165, 1.54) is 18.2 Å². The van der Waals surface area contributed by atoms with E-state index < -0.39 is 5.82 Å². The van der Waals surface area contributed by atoms with Gasteiger partial charge in [-0.15, -0.1) is 0 Å². The molecule has 0 heterocycles. The summed E-state index contributed by atoms with van der Waals surface area (Å²) in [6.07, 6.45) is 0. The van der Waals surface area contributed by atoms with Crippen LogP contribution >= 0.6 is 0 Å². The second-order valence-corrected chi connectivity index (χ2v) is 2.25. The number of hydrogen-bond donors (Lipinski definition) is 0. The normalized spacial score (nSPS) is 9.00. The van der Waals surface area contributed by atoms with E-state index in [-0.39, 0.29) is 17.9 Å². The molecule has 0 aliphatic rings. The van der Waals surface area contributed by atoms with E-state index in [9.17, 15) is 9.18 Å². The maximum atomic E-state index is 12.5. The van der Waals surface area contributed by atoms with Crippen LogP contribution in [0.5, 0.6) is 0 Å². The van der Waals surface area contributed by atoms with Gasteiger partial charge in [-0.3, -0.25) is 4.79 Å². The molecule has 0 fully saturated rings. The third-order valence-corrected chi connectivity index (χ3v) is 1.37. The number of carbonyl (C=O) groups excluding carboxylic acids is 1. The van der Waals surface area contributed by atoms with Crippen LogP contribution in [0.25, 0.3) is 4.85 Å². The first kappa shape index (κ1) is 8.41. The Hall–Kier alpha value is -1.69. The molecule has 0 spiro atoms. The zero-order valence-corrected chi connectivity index (χ0v) is 6.25. The smallest absolute Gasteiger partial charge is 0.276 e. The van der Waals surface area contributed by atoms with Crippen molar-refractivity contribution in [1.82, 2.24) is 0 Å². The molecule has 1 aromatic carbocycles. The van der Waals surface area contributed by atoms with Crippen molar-refractivity contribution in [2.75, 3.05) is 6.54 Å². The van der Waals surface area contributed by atoms with Crippen LogP contribution in [0.2, 0.25) is 0 Å². The highest BCUT2D eigenvalue weighted by molar-refractivity contribution is 5.98. The summed E-state index contributed by atoms with van der Waals surface area (Å²) in [5.74, 6) is -0.796. The summed E-state index contributed by atoms with van der Waals surface area (Å²) in [5, 5.41) is 0. The van der Waals surface area contributed by atoms with Gasteiger partial charge in [-0.2, -0.15) is 0 Å². The number of nitrogens with zero attached hydrogens (tertiary/aromatic N) is 1. The van der Waals surface area contributed by atoms with Crippen LogP contribution in [-0.2, 0) is 0 Å². The van der Waals surface area contributed by atoms with E-state index in [0.29, 0.717) is 0 Å². The molecule has 0 unspecified atom stereocenters. The molecular formula is C9H6FNO. The molecule has 0 amide bonds. The van der Waals surface area contributed by atoms with Crippen LogP contribution in [0.1, 0.15) is 10.4 Å². The lowest BCUT2D eigenvalue weighted by molar-refractivity contribution is 0.101. The number of carbonyl (C=O) groups is 1. The van der Waals surface area contributed by atoms with E-state index >= 15 is 0 Å². The molecule has 0 saturated heterocycles. The van der Waals surface area contributed by atoms with Crippen LogP contribution in [0, 0.1) is 12.4 Å². The fraction of sp³-hybridized carbons (Fsp3) is 0.111. The Morgan fingerprint density at radius 1 is 1.58 bits per heavy atom. The SMILES string of the molecule is [C-]#[N+]CC(=O)c1cccc(F)c1. The predicted octanol–water partition coefficient (Wildman–Crippen LogP) is 1.93. The van der Waals surface area contributed by atoms with E-state index in [0.717, 1.165) is 6.07 Å². The van der Waals surface area contributed by atoms with Gasteiger partial charge in [0.15, 0.2) is 0 Å². The van der Waals surface area contributed by atoms with Gasteiger partial charge in [0.2, 0.25) is 5.78 Å². The molecule has 0 aliphatic carbocycles. The van der Waals surface area contributed by atoms with Crippen LogP contribution in [0.15, 0.2) is 24.3 Å². The summed E-state index contributed by atoms with van der Waals surface area (Å²) < 4.78 is 12.5. The number of ketones is 1. The van der Waals surface area contributed by atoms with Gasteiger partial charge in [-0.05, 0) is 12.1 Å². The van der Waals surface area contributed by atoms with E-state index in [1.807, 2.05) is 0 Å². The average Bonchev–Trinajstić information content (AvgIpc) is 2.05. The zero-order valence-electron chi connectivity index (χ0n) is 6.25. The minimum absolute atomic E-state index is 0.219. The van der Waals surface area contributed by atoms with Crippen molar-refractivity contribution in [3.05, 3.63) is 47.1 Å². The van der Waals surface area contributed by atoms with Gasteiger partial charge in [0.05, 0.1) is 0 Å². The lowest BCUT2D eigenvalue weighted by Gasteiger charge is -1.93. The first-order valence-electron chi connectivity index (χ1n) is 3.36. The third-order valence-electron chi connectivity index (χ3n) is 1.37. The van der Waals surface area contributed by atoms with Crippen LogP contribution < -0.4 is 0 Å². The molecule has 3 heteroatoms. The van der Waals surface area contributed by atoms with Crippen molar-refractivity contribution in [2.45, 2.75) is 0 Å². The van der Waals surface area contributed by atoms with Crippen molar-refractivity contribution in [1.29, 1.82) is 0 Å². The Bertz CT molecular complexity index is 341. The Morgan fingerprint density at radius 3 is 2.92 bits per heavy atom. The van der Waals surface area contributed by atoms with Crippen molar-refractivity contribution in [3.8, 4) is 0 Å². The van der Waals surface area contributed by atoms with Gasteiger partial charge >= 0.3 is 0 Å². The topological polar surface area (TPSA) is 21.4 Å². The first-order valence-corrected chi connectivity index (χ1v) is 3.36. The summed E-state index contributed by atoms with van der Waals surface area (Å²) in [5.41, 5.74) is 0.256. The largest absolute Gasteiger partial charge is 0.308 e. The quantitative estimate of drug-likeness (QED) is 0.482. The van der Waals surface area contributed by atoms with Gasteiger partial charge in [0.1, 0.15) is 5.82 Å². The molecule has 0 atom stereocenters. The fourth-order valence-corrected chi connectivity index (χ4v) is 0.825. The van der Waals surface area contributed by atoms with Crippen LogP contribution in [-0.4, -0.2) is 12.3 Å². The van der Waals surface area contributed by atoms with Gasteiger partial charge in [-0.25, -0.2) is 11.0 Å². The lowest BCUT2D eigenvalue weighted by Crippen LogP contribution is -2.01. The molecule has 2 nitrogen and oxygen atoms in total. The summed E-state index contributed by atoms with van der Waals surface area (Å²) in [4.78, 5) is 13.9. The highest BCUT2D eigenvalue weighted by Crippen LogP contribution is 2.04. The van der Waals surface area contributed by atoms with Gasteiger partial charge in [-0.1, -0.05) is 12.1 Å². The van der Waals surface area contributed by atoms with Gasteiger partial charge < -0.3 is 4.85 Å². The Balaban J connectivity index is 2.90. The van der Waals surface area contributed by atoms with Crippen molar-refractivity contribution in [2.24, 2.45) is 0 Å². The first-order chi connectivity index (χ1) is 5.74. The molecule has 0 bridgehead atoms. The minimum Gasteiger partial charge on any atom is -0.308 e. The monoisotopic (exact) mass is 163 g/mol. The summed E-state index contributed by atoms with van der Waals surface area (Å²) in [6, 6.07) is 5.34. The van der Waals surface area contributed by atoms with E-state index in [2.05, 4.69) is 4.85 Å². The molecule has 1 rings (SSSR count). The Morgan fingerprint density at radius 2 is 2.33 bits per heavy atom. The molecule has 60 valence electrons. The predicted molar refractivity (Wildman–Crippen MR) is 42.2 cm³/mol. The Kier molecular flexibility index (Phi) is 2.54. The van der Waals surface area contributed by atoms with Gasteiger partial charge in [0.25, 0.3) is 6.54 Å². The van der Waals surface area contributed by atoms with E-state index in [1.54, 1.807) is 0 Å². The van der Waals surface area contributed by atoms with E-state index in [4.69, 9.17) is 6.57 Å². The molecule has 0 radical (unpaired) electrons. The minimum atomic E-state index is -0.453. The maximum absolute atomic E-state index is 12.5. The lowest BCUT2D eigenvalue weighted by atomic mass is 10.1. The second-order valence-electron chi connectivity index (χ2n) is 2.25. The highest BCUT2D eigenvalue weighted by atomic mass is 19.1. The molecule has 1 aromatic rings. The molecule has 0 aromatic heterocycles. The van der Waals surface area contributed by atoms with Crippen molar-refractivity contribution < 1.29 is 9.18 Å². The highest BCUT2D eigenvalue weighted by Gasteiger charge is 2.07. The van der Waals surface area contributed by atoms with Crippen LogP contribution in [0.3, 0.4) is 0 Å². The van der Waals surface area contributed by atoms with Crippen molar-refractivity contribution in [3.63, 3.8) is 0 Å².